The van der Waals surface area contributed by atoms with E-state index >= 15 is 0 Å². The van der Waals surface area contributed by atoms with Gasteiger partial charge >= 0.3 is 0 Å². The van der Waals surface area contributed by atoms with Gasteiger partial charge in [0.05, 0.1) is 5.69 Å². The second-order valence-corrected chi connectivity index (χ2v) is 3.81. The summed E-state index contributed by atoms with van der Waals surface area (Å²) < 4.78 is 0. The number of fused-ring (bicyclic) bond motifs is 1. The third-order valence-corrected chi connectivity index (χ3v) is 2.37. The minimum atomic E-state index is -0.153. The van der Waals surface area contributed by atoms with Crippen LogP contribution < -0.4 is 5.32 Å². The summed E-state index contributed by atoms with van der Waals surface area (Å²) >= 11 is 0. The fourth-order valence-electron chi connectivity index (χ4n) is 1.49. The lowest BCUT2D eigenvalue weighted by Crippen LogP contribution is -2.07. The molecule has 3 nitrogen and oxygen atoms in total. The largest absolute Gasteiger partial charge is 0.324 e. The molecule has 1 aromatic rings. The number of amides is 1. The molecule has 88 valence electrons. The molecule has 1 N–H and O–H groups in total. The zero-order valence-electron chi connectivity index (χ0n) is 9.97. The van der Waals surface area contributed by atoms with Crippen molar-refractivity contribution in [3.05, 3.63) is 48.3 Å². The van der Waals surface area contributed by atoms with Crippen molar-refractivity contribution in [2.24, 2.45) is 0 Å². The number of rotatable bonds is 1. The van der Waals surface area contributed by atoms with Crippen LogP contribution in [0.3, 0.4) is 0 Å². The van der Waals surface area contributed by atoms with E-state index in [9.17, 15) is 4.79 Å². The number of carbonyl (C=O) groups excluding carboxylic acids is 1. The van der Waals surface area contributed by atoms with E-state index in [1.165, 1.54) is 18.1 Å². The van der Waals surface area contributed by atoms with Crippen molar-refractivity contribution in [2.45, 2.75) is 6.92 Å². The smallest absolute Gasteiger partial charge is 0.221 e. The average Bonchev–Trinajstić information content (AvgIpc) is 2.97. The molecule has 1 aromatic heterocycles. The first-order valence-corrected chi connectivity index (χ1v) is 5.50. The van der Waals surface area contributed by atoms with Crippen LogP contribution in [0.15, 0.2) is 42.6 Å². The van der Waals surface area contributed by atoms with Gasteiger partial charge in [-0.2, -0.15) is 0 Å². The van der Waals surface area contributed by atoms with Gasteiger partial charge in [0.25, 0.3) is 0 Å². The summed E-state index contributed by atoms with van der Waals surface area (Å²) in [5, 5.41) is 2.58. The van der Waals surface area contributed by atoms with Gasteiger partial charge in [0.1, 0.15) is 5.69 Å². The molecule has 0 fully saturated rings. The van der Waals surface area contributed by atoms with E-state index < -0.39 is 0 Å². The zero-order chi connectivity index (χ0) is 13.0. The highest BCUT2D eigenvalue weighted by Crippen LogP contribution is 2.32. The fourth-order valence-corrected chi connectivity index (χ4v) is 1.49. The Kier molecular flexibility index (Phi) is 3.40. The maximum Gasteiger partial charge on any atom is 0.221 e. The molecule has 0 atom stereocenters. The Labute approximate surface area is 106 Å². The molecule has 0 spiro atoms. The van der Waals surface area contributed by atoms with E-state index in [1.807, 2.05) is 0 Å². The number of hydrogen-bond donors (Lipinski definition) is 1. The maximum absolute atomic E-state index is 10.7. The average molecular weight is 236 g/mol. The fraction of sp³-hybridized carbons (Fsp3) is 0.0667. The Hall–Kier alpha value is -2.60. The van der Waals surface area contributed by atoms with Crippen LogP contribution in [-0.2, 0) is 4.79 Å². The van der Waals surface area contributed by atoms with Crippen molar-refractivity contribution >= 4 is 11.6 Å². The van der Waals surface area contributed by atoms with E-state index in [0.29, 0.717) is 11.4 Å². The molecule has 1 heterocycles. The topological polar surface area (TPSA) is 42.0 Å². The van der Waals surface area contributed by atoms with Crippen LogP contribution >= 0.6 is 0 Å². The highest BCUT2D eigenvalue weighted by molar-refractivity contribution is 5.89. The summed E-state index contributed by atoms with van der Waals surface area (Å²) in [6.45, 7) is 1.42. The van der Waals surface area contributed by atoms with E-state index in [-0.39, 0.29) is 5.91 Å². The van der Waals surface area contributed by atoms with Gasteiger partial charge in [0.2, 0.25) is 5.91 Å². The van der Waals surface area contributed by atoms with E-state index in [0.717, 1.165) is 0 Å². The van der Waals surface area contributed by atoms with Crippen LogP contribution in [0.5, 0.6) is 0 Å². The predicted octanol–water partition coefficient (Wildman–Crippen LogP) is 2.69. The van der Waals surface area contributed by atoms with Crippen molar-refractivity contribution in [3.8, 4) is 23.5 Å². The highest BCUT2D eigenvalue weighted by atomic mass is 16.1. The first-order valence-electron chi connectivity index (χ1n) is 5.50. The number of hydrogen-bond acceptors (Lipinski definition) is 2. The molecule has 3 heteroatoms. The first-order chi connectivity index (χ1) is 8.70. The minimum Gasteiger partial charge on any atom is -0.324 e. The Morgan fingerprint density at radius 2 is 2.00 bits per heavy atom. The van der Waals surface area contributed by atoms with Gasteiger partial charge in [-0.25, -0.2) is 4.98 Å². The summed E-state index contributed by atoms with van der Waals surface area (Å²) in [6, 6.07) is 11.9. The molecule has 0 saturated heterocycles. The lowest BCUT2D eigenvalue weighted by Gasteiger charge is -2.02. The van der Waals surface area contributed by atoms with Gasteiger partial charge in [-0.05, 0) is 35.2 Å². The van der Waals surface area contributed by atoms with Gasteiger partial charge in [0, 0.05) is 13.1 Å². The third-order valence-electron chi connectivity index (χ3n) is 2.37. The second kappa shape index (κ2) is 5.15. The van der Waals surface area contributed by atoms with Crippen molar-refractivity contribution in [3.63, 3.8) is 0 Å². The van der Waals surface area contributed by atoms with Crippen molar-refractivity contribution < 1.29 is 4.79 Å². The molecule has 0 saturated carbocycles. The Balaban J connectivity index is 0.000000164. The van der Waals surface area contributed by atoms with Gasteiger partial charge in [-0.3, -0.25) is 4.79 Å². The highest BCUT2D eigenvalue weighted by Gasteiger charge is 2.07. The van der Waals surface area contributed by atoms with Crippen molar-refractivity contribution in [1.82, 2.24) is 4.98 Å². The Morgan fingerprint density at radius 3 is 2.44 bits per heavy atom. The normalized spacial score (nSPS) is 9.56. The van der Waals surface area contributed by atoms with E-state index in [2.05, 4.69) is 40.5 Å². The predicted molar refractivity (Wildman–Crippen MR) is 71.9 cm³/mol. The summed E-state index contributed by atoms with van der Waals surface area (Å²) in [4.78, 5) is 14.6. The standard InChI is InChI=1S/C9H8N2O.C6H4/c1-3-8-9(11-7(2)12)5-4-6-10-8;1-2-5-4-6(5)3-1/h1,4-6H,2H3,(H,11,12);1-4H. The quantitative estimate of drug-likeness (QED) is 0.660. The number of anilines is 1. The van der Waals surface area contributed by atoms with Crippen LogP contribution in [0.25, 0.3) is 11.1 Å². The summed E-state index contributed by atoms with van der Waals surface area (Å²) in [6.07, 6.45) is 6.75. The van der Waals surface area contributed by atoms with Crippen molar-refractivity contribution in [1.29, 1.82) is 0 Å². The minimum absolute atomic E-state index is 0.153. The van der Waals surface area contributed by atoms with E-state index in [1.54, 1.807) is 18.3 Å². The number of nitrogens with one attached hydrogen (secondary N) is 1. The summed E-state index contributed by atoms with van der Waals surface area (Å²) in [5.74, 6) is 2.22. The van der Waals surface area contributed by atoms with Crippen LogP contribution in [0, 0.1) is 12.3 Å². The monoisotopic (exact) mass is 236 g/mol. The van der Waals surface area contributed by atoms with Gasteiger partial charge in [-0.15, -0.1) is 6.42 Å². The van der Waals surface area contributed by atoms with Gasteiger partial charge in [-0.1, -0.05) is 18.2 Å². The molecular formula is C15H12N2O. The number of benzene rings is 1. The molecule has 0 bridgehead atoms. The Bertz CT molecular complexity index is 609. The number of carbonyl (C=O) groups is 1. The van der Waals surface area contributed by atoms with Crippen LogP contribution in [0.1, 0.15) is 12.6 Å². The molecule has 0 aromatic carbocycles. The van der Waals surface area contributed by atoms with Crippen molar-refractivity contribution in [2.75, 3.05) is 5.32 Å². The van der Waals surface area contributed by atoms with Gasteiger partial charge in [0.15, 0.2) is 0 Å². The third kappa shape index (κ3) is 2.96. The van der Waals surface area contributed by atoms with Crippen LogP contribution in [0.2, 0.25) is 0 Å². The summed E-state index contributed by atoms with van der Waals surface area (Å²) in [5.41, 5.74) is 3.88. The molecule has 3 rings (SSSR count). The number of nitrogens with zero attached hydrogens (tertiary/aromatic N) is 1. The summed E-state index contributed by atoms with van der Waals surface area (Å²) in [7, 11) is 0. The van der Waals surface area contributed by atoms with Crippen LogP contribution in [-0.4, -0.2) is 10.9 Å². The van der Waals surface area contributed by atoms with E-state index in [4.69, 9.17) is 6.42 Å². The molecule has 2 aliphatic rings. The maximum atomic E-state index is 10.7. The molecular weight excluding hydrogens is 224 g/mol. The molecule has 1 amide bonds. The zero-order valence-corrected chi connectivity index (χ0v) is 9.97. The number of aromatic nitrogens is 1. The van der Waals surface area contributed by atoms with Gasteiger partial charge < -0.3 is 5.32 Å². The lowest BCUT2D eigenvalue weighted by molar-refractivity contribution is -0.114. The number of terminal acetylenes is 1. The second-order valence-electron chi connectivity index (χ2n) is 3.81. The molecule has 18 heavy (non-hydrogen) atoms. The molecule has 0 radical (unpaired) electrons. The molecule has 0 unspecified atom stereocenters. The number of pyridine rings is 1. The SMILES string of the molecule is C#Cc1ncccc1NC(C)=O.c1cc2cc-2c1. The first kappa shape index (κ1) is 11.9. The van der Waals surface area contributed by atoms with Crippen LogP contribution in [0.4, 0.5) is 5.69 Å². The lowest BCUT2D eigenvalue weighted by atomic mass is 10.3. The molecule has 0 aliphatic heterocycles. The molecule has 2 aliphatic carbocycles. The Morgan fingerprint density at radius 1 is 1.28 bits per heavy atom.